The second kappa shape index (κ2) is 8.21. The maximum Gasteiger partial charge on any atom is 0.132 e. The van der Waals surface area contributed by atoms with Gasteiger partial charge in [-0.3, -0.25) is 5.32 Å². The minimum atomic E-state index is 0.303. The van der Waals surface area contributed by atoms with Gasteiger partial charge in [-0.25, -0.2) is 0 Å². The Kier molecular flexibility index (Phi) is 8.14. The van der Waals surface area contributed by atoms with E-state index in [0.717, 1.165) is 30.7 Å². The van der Waals surface area contributed by atoms with Crippen molar-refractivity contribution in [3.63, 3.8) is 0 Å². The number of nitrogens with one attached hydrogen (secondary N) is 1. The molecule has 2 N–H and O–H groups in total. The third-order valence-corrected chi connectivity index (χ3v) is 2.42. The van der Waals surface area contributed by atoms with Crippen molar-refractivity contribution in [3.05, 3.63) is 0 Å². The molecule has 0 saturated carbocycles. The smallest absolute Gasteiger partial charge is 0.132 e. The first-order chi connectivity index (χ1) is 6.62. The van der Waals surface area contributed by atoms with Crippen molar-refractivity contribution in [2.24, 2.45) is 0 Å². The highest BCUT2D eigenvalue weighted by Gasteiger charge is 2.12. The van der Waals surface area contributed by atoms with Gasteiger partial charge in [0.1, 0.15) is 6.67 Å². The van der Waals surface area contributed by atoms with E-state index in [9.17, 15) is 0 Å². The van der Waals surface area contributed by atoms with Gasteiger partial charge in [0, 0.05) is 19.6 Å². The van der Waals surface area contributed by atoms with E-state index in [1.807, 2.05) is 0 Å². The Bertz CT molecular complexity index is 126. The maximum atomic E-state index is 8.74. The third-order valence-electron chi connectivity index (χ3n) is 2.42. The van der Waals surface area contributed by atoms with E-state index in [2.05, 4.69) is 26.3 Å². The highest BCUT2D eigenvalue weighted by atomic mass is 16.3. The van der Waals surface area contributed by atoms with Crippen molar-refractivity contribution in [2.75, 3.05) is 40.5 Å². The molecule has 0 spiro atoms. The van der Waals surface area contributed by atoms with Gasteiger partial charge in [-0.2, -0.15) is 0 Å². The summed E-state index contributed by atoms with van der Waals surface area (Å²) in [5.41, 5.74) is 0. The molecule has 0 amide bonds. The molecule has 0 aromatic heterocycles. The SMILES string of the molecule is CCCCCNC[N+](C)(C)CCCO. The number of hydrogen-bond acceptors (Lipinski definition) is 2. The van der Waals surface area contributed by atoms with Gasteiger partial charge in [0.15, 0.2) is 0 Å². The van der Waals surface area contributed by atoms with Crippen LogP contribution in [-0.2, 0) is 0 Å². The van der Waals surface area contributed by atoms with Crippen molar-refractivity contribution >= 4 is 0 Å². The molecule has 0 rings (SSSR count). The lowest BCUT2D eigenvalue weighted by atomic mass is 10.2. The van der Waals surface area contributed by atoms with Crippen molar-refractivity contribution in [3.8, 4) is 0 Å². The monoisotopic (exact) mass is 203 g/mol. The van der Waals surface area contributed by atoms with Crippen LogP contribution in [0.15, 0.2) is 0 Å². The van der Waals surface area contributed by atoms with Gasteiger partial charge in [0.05, 0.1) is 20.6 Å². The van der Waals surface area contributed by atoms with Gasteiger partial charge >= 0.3 is 0 Å². The number of rotatable bonds is 9. The number of nitrogens with zero attached hydrogens (tertiary/aromatic N) is 1. The van der Waals surface area contributed by atoms with Gasteiger partial charge in [-0.1, -0.05) is 19.8 Å². The second-order valence-corrected chi connectivity index (χ2v) is 4.60. The van der Waals surface area contributed by atoms with Gasteiger partial charge in [-0.15, -0.1) is 0 Å². The van der Waals surface area contributed by atoms with Gasteiger partial charge in [-0.05, 0) is 6.42 Å². The largest absolute Gasteiger partial charge is 0.396 e. The van der Waals surface area contributed by atoms with Crippen LogP contribution in [0.25, 0.3) is 0 Å². The van der Waals surface area contributed by atoms with Crippen LogP contribution in [0.3, 0.4) is 0 Å². The molecule has 0 aliphatic heterocycles. The molecule has 0 aliphatic rings. The molecule has 0 heterocycles. The molecular weight excluding hydrogens is 176 g/mol. The highest BCUT2D eigenvalue weighted by Crippen LogP contribution is 1.97. The summed E-state index contributed by atoms with van der Waals surface area (Å²) in [7, 11) is 4.39. The summed E-state index contributed by atoms with van der Waals surface area (Å²) in [6.07, 6.45) is 4.77. The van der Waals surface area contributed by atoms with E-state index in [1.165, 1.54) is 19.3 Å². The minimum absolute atomic E-state index is 0.303. The molecular formula is C11H27N2O+. The quantitative estimate of drug-likeness (QED) is 0.335. The molecule has 0 bridgehead atoms. The molecule has 0 radical (unpaired) electrons. The number of unbranched alkanes of at least 4 members (excludes halogenated alkanes) is 2. The summed E-state index contributed by atoms with van der Waals surface area (Å²) in [4.78, 5) is 0. The van der Waals surface area contributed by atoms with Crippen LogP contribution in [0.5, 0.6) is 0 Å². The maximum absolute atomic E-state index is 8.74. The van der Waals surface area contributed by atoms with Crippen molar-refractivity contribution in [2.45, 2.75) is 32.6 Å². The van der Waals surface area contributed by atoms with E-state index < -0.39 is 0 Å². The second-order valence-electron chi connectivity index (χ2n) is 4.60. The summed E-state index contributed by atoms with van der Waals surface area (Å²) in [5.74, 6) is 0. The average molecular weight is 203 g/mol. The van der Waals surface area contributed by atoms with E-state index in [-0.39, 0.29) is 0 Å². The summed E-state index contributed by atoms with van der Waals surface area (Å²) in [6, 6.07) is 0. The molecule has 0 atom stereocenters. The Hall–Kier alpha value is -0.120. The summed E-state index contributed by atoms with van der Waals surface area (Å²) in [5, 5.41) is 12.2. The third kappa shape index (κ3) is 8.48. The Morgan fingerprint density at radius 1 is 1.14 bits per heavy atom. The van der Waals surface area contributed by atoms with E-state index in [4.69, 9.17) is 5.11 Å². The van der Waals surface area contributed by atoms with Gasteiger partial charge < -0.3 is 9.59 Å². The first kappa shape index (κ1) is 13.9. The molecule has 3 nitrogen and oxygen atoms in total. The standard InChI is InChI=1S/C11H27N2O/c1-4-5-6-8-12-11-13(2,3)9-7-10-14/h12,14H,4-11H2,1-3H3/q+1. The van der Waals surface area contributed by atoms with Crippen LogP contribution in [0, 0.1) is 0 Å². The zero-order valence-electron chi connectivity index (χ0n) is 10.1. The Labute approximate surface area is 88.7 Å². The molecule has 0 saturated heterocycles. The topological polar surface area (TPSA) is 32.3 Å². The number of aliphatic hydroxyl groups is 1. The molecule has 3 heteroatoms. The first-order valence-corrected chi connectivity index (χ1v) is 5.76. The van der Waals surface area contributed by atoms with Crippen LogP contribution < -0.4 is 5.32 Å². The van der Waals surface area contributed by atoms with Gasteiger partial charge in [0.25, 0.3) is 0 Å². The predicted octanol–water partition coefficient (Wildman–Crippen LogP) is 1.18. The summed E-state index contributed by atoms with van der Waals surface area (Å²) in [6.45, 7) is 5.69. The highest BCUT2D eigenvalue weighted by molar-refractivity contribution is 4.43. The fourth-order valence-corrected chi connectivity index (χ4v) is 1.46. The fourth-order valence-electron chi connectivity index (χ4n) is 1.46. The Morgan fingerprint density at radius 3 is 2.43 bits per heavy atom. The van der Waals surface area contributed by atoms with E-state index in [1.54, 1.807) is 0 Å². The minimum Gasteiger partial charge on any atom is -0.396 e. The zero-order valence-corrected chi connectivity index (χ0v) is 10.1. The molecule has 14 heavy (non-hydrogen) atoms. The molecule has 0 unspecified atom stereocenters. The number of hydrogen-bond donors (Lipinski definition) is 2. The average Bonchev–Trinajstić information content (AvgIpc) is 2.15. The molecule has 0 fully saturated rings. The molecule has 0 aliphatic carbocycles. The lowest BCUT2D eigenvalue weighted by Crippen LogP contribution is -2.47. The van der Waals surface area contributed by atoms with Crippen molar-refractivity contribution in [1.82, 2.24) is 5.32 Å². The summed E-state index contributed by atoms with van der Waals surface area (Å²) >= 11 is 0. The lowest BCUT2D eigenvalue weighted by Gasteiger charge is -2.29. The first-order valence-electron chi connectivity index (χ1n) is 5.76. The zero-order chi connectivity index (χ0) is 10.9. The van der Waals surface area contributed by atoms with Crippen LogP contribution >= 0.6 is 0 Å². The lowest BCUT2D eigenvalue weighted by molar-refractivity contribution is -0.893. The Morgan fingerprint density at radius 2 is 1.86 bits per heavy atom. The number of aliphatic hydroxyl groups excluding tert-OH is 1. The molecule has 0 aromatic rings. The van der Waals surface area contributed by atoms with Crippen LogP contribution in [0.4, 0.5) is 0 Å². The van der Waals surface area contributed by atoms with E-state index in [0.29, 0.717) is 6.61 Å². The fraction of sp³-hybridized carbons (Fsp3) is 1.00. The van der Waals surface area contributed by atoms with Crippen LogP contribution in [-0.4, -0.2) is 50.0 Å². The van der Waals surface area contributed by atoms with Crippen molar-refractivity contribution < 1.29 is 9.59 Å². The van der Waals surface area contributed by atoms with Crippen LogP contribution in [0.2, 0.25) is 0 Å². The molecule has 86 valence electrons. The normalized spacial score (nSPS) is 12.0. The Balaban J connectivity index is 3.35. The number of quaternary nitrogens is 1. The van der Waals surface area contributed by atoms with Crippen molar-refractivity contribution in [1.29, 1.82) is 0 Å². The van der Waals surface area contributed by atoms with Crippen LogP contribution in [0.1, 0.15) is 32.6 Å². The predicted molar refractivity (Wildman–Crippen MR) is 61.1 cm³/mol. The molecule has 0 aromatic carbocycles. The van der Waals surface area contributed by atoms with Gasteiger partial charge in [0.2, 0.25) is 0 Å². The summed E-state index contributed by atoms with van der Waals surface area (Å²) < 4.78 is 0.951. The van der Waals surface area contributed by atoms with E-state index >= 15 is 0 Å².